The molecule has 1 aromatic heterocycles. The molecule has 8 heteroatoms. The molecule has 166 valence electrons. The van der Waals surface area contributed by atoms with Crippen molar-refractivity contribution in [3.05, 3.63) is 46.7 Å². The van der Waals surface area contributed by atoms with Crippen LogP contribution in [0.5, 0.6) is 5.75 Å². The summed E-state index contributed by atoms with van der Waals surface area (Å²) in [5, 5.41) is 19.4. The first-order chi connectivity index (χ1) is 14.0. The number of nitrogens with zero attached hydrogens (tertiary/aromatic N) is 2. The smallest absolute Gasteiger partial charge is 0.191 e. The van der Waals surface area contributed by atoms with Crippen molar-refractivity contribution in [2.24, 2.45) is 10.9 Å². The summed E-state index contributed by atoms with van der Waals surface area (Å²) in [5.41, 5.74) is 0.204. The lowest BCUT2D eigenvalue weighted by Gasteiger charge is -2.22. The SMILES string of the molecule is CCNC(=NCC(C)(O)c1cccs1)NCC1CCN(c2ccccc2OC)C1.I. The van der Waals surface area contributed by atoms with Crippen LogP contribution < -0.4 is 20.3 Å². The molecule has 0 radical (unpaired) electrons. The maximum absolute atomic E-state index is 10.7. The summed E-state index contributed by atoms with van der Waals surface area (Å²) in [6.07, 6.45) is 1.12. The summed E-state index contributed by atoms with van der Waals surface area (Å²) in [6, 6.07) is 12.1. The van der Waals surface area contributed by atoms with Gasteiger partial charge in [0.2, 0.25) is 0 Å². The Kier molecular flexibility index (Phi) is 9.70. The van der Waals surface area contributed by atoms with E-state index < -0.39 is 5.60 Å². The minimum atomic E-state index is -0.954. The highest BCUT2D eigenvalue weighted by atomic mass is 127. The van der Waals surface area contributed by atoms with Crippen molar-refractivity contribution in [3.63, 3.8) is 0 Å². The number of guanidine groups is 1. The van der Waals surface area contributed by atoms with E-state index >= 15 is 0 Å². The highest BCUT2D eigenvalue weighted by molar-refractivity contribution is 14.0. The summed E-state index contributed by atoms with van der Waals surface area (Å²) in [6.45, 7) is 7.82. The third kappa shape index (κ3) is 6.49. The molecule has 1 fully saturated rings. The number of ether oxygens (including phenoxy) is 1. The molecule has 0 bridgehead atoms. The van der Waals surface area contributed by atoms with Gasteiger partial charge in [-0.25, -0.2) is 4.99 Å². The second kappa shape index (κ2) is 11.8. The number of benzene rings is 1. The molecule has 0 amide bonds. The van der Waals surface area contributed by atoms with Gasteiger partial charge in [-0.1, -0.05) is 18.2 Å². The number of hydrogen-bond acceptors (Lipinski definition) is 5. The van der Waals surface area contributed by atoms with Crippen LogP contribution in [-0.2, 0) is 5.60 Å². The Hall–Kier alpha value is -1.52. The maximum Gasteiger partial charge on any atom is 0.191 e. The molecule has 1 aliphatic heterocycles. The Labute approximate surface area is 200 Å². The van der Waals surface area contributed by atoms with Crippen LogP contribution in [0, 0.1) is 5.92 Å². The van der Waals surface area contributed by atoms with Crippen LogP contribution in [0.15, 0.2) is 46.8 Å². The Bertz CT molecular complexity index is 798. The molecular weight excluding hydrogens is 511 g/mol. The number of aliphatic imine (C=N–C) groups is 1. The van der Waals surface area contributed by atoms with Crippen LogP contribution in [0.2, 0.25) is 0 Å². The lowest BCUT2D eigenvalue weighted by Crippen LogP contribution is -2.41. The number of rotatable bonds is 8. The van der Waals surface area contributed by atoms with Crippen molar-refractivity contribution in [2.75, 3.05) is 44.7 Å². The summed E-state index contributed by atoms with van der Waals surface area (Å²) < 4.78 is 5.51. The maximum atomic E-state index is 10.7. The number of thiophene rings is 1. The number of aliphatic hydroxyl groups is 1. The zero-order valence-corrected chi connectivity index (χ0v) is 21.1. The van der Waals surface area contributed by atoms with Gasteiger partial charge in [0.1, 0.15) is 11.4 Å². The quantitative estimate of drug-likeness (QED) is 0.269. The van der Waals surface area contributed by atoms with E-state index in [9.17, 15) is 5.11 Å². The first-order valence-electron chi connectivity index (χ1n) is 10.2. The van der Waals surface area contributed by atoms with E-state index in [0.29, 0.717) is 12.5 Å². The van der Waals surface area contributed by atoms with Gasteiger partial charge in [0.25, 0.3) is 0 Å². The molecule has 1 aliphatic rings. The fourth-order valence-electron chi connectivity index (χ4n) is 3.59. The third-order valence-corrected chi connectivity index (χ3v) is 6.33. The average Bonchev–Trinajstić information content (AvgIpc) is 3.42. The van der Waals surface area contributed by atoms with Crippen molar-refractivity contribution in [1.82, 2.24) is 10.6 Å². The van der Waals surface area contributed by atoms with Gasteiger partial charge in [0, 0.05) is 31.1 Å². The lowest BCUT2D eigenvalue weighted by molar-refractivity contribution is 0.0711. The normalized spacial score (nSPS) is 18.5. The Morgan fingerprint density at radius 2 is 2.10 bits per heavy atom. The summed E-state index contributed by atoms with van der Waals surface area (Å²) in [5.74, 6) is 2.20. The Morgan fingerprint density at radius 1 is 1.30 bits per heavy atom. The number of halogens is 1. The number of anilines is 1. The van der Waals surface area contributed by atoms with Crippen molar-refractivity contribution >= 4 is 47.0 Å². The van der Waals surface area contributed by atoms with Gasteiger partial charge in [-0.15, -0.1) is 35.3 Å². The van der Waals surface area contributed by atoms with Gasteiger partial charge in [-0.2, -0.15) is 0 Å². The minimum absolute atomic E-state index is 0. The second-order valence-electron chi connectivity index (χ2n) is 7.60. The molecule has 1 aromatic carbocycles. The molecule has 2 heterocycles. The van der Waals surface area contributed by atoms with Crippen LogP contribution in [0.25, 0.3) is 0 Å². The molecule has 3 rings (SSSR count). The van der Waals surface area contributed by atoms with E-state index in [0.717, 1.165) is 54.9 Å². The van der Waals surface area contributed by atoms with Crippen molar-refractivity contribution in [3.8, 4) is 5.75 Å². The van der Waals surface area contributed by atoms with Crippen molar-refractivity contribution < 1.29 is 9.84 Å². The van der Waals surface area contributed by atoms with E-state index in [-0.39, 0.29) is 24.0 Å². The monoisotopic (exact) mass is 544 g/mol. The molecule has 2 aromatic rings. The minimum Gasteiger partial charge on any atom is -0.495 e. The number of para-hydroxylation sites is 2. The zero-order valence-electron chi connectivity index (χ0n) is 17.9. The van der Waals surface area contributed by atoms with Crippen LogP contribution >= 0.6 is 35.3 Å². The van der Waals surface area contributed by atoms with Gasteiger partial charge in [-0.3, -0.25) is 0 Å². The highest BCUT2D eigenvalue weighted by Gasteiger charge is 2.26. The van der Waals surface area contributed by atoms with Gasteiger partial charge in [0.15, 0.2) is 5.96 Å². The second-order valence-corrected chi connectivity index (χ2v) is 8.55. The first kappa shape index (κ1) is 24.7. The van der Waals surface area contributed by atoms with Gasteiger partial charge in [-0.05, 0) is 49.8 Å². The fourth-order valence-corrected chi connectivity index (χ4v) is 4.37. The van der Waals surface area contributed by atoms with E-state index in [1.165, 1.54) is 0 Å². The summed E-state index contributed by atoms with van der Waals surface area (Å²) >= 11 is 1.55. The topological polar surface area (TPSA) is 69.1 Å². The fraction of sp³-hybridized carbons (Fsp3) is 0.500. The molecule has 6 nitrogen and oxygen atoms in total. The first-order valence-corrected chi connectivity index (χ1v) is 11.1. The molecule has 2 atom stereocenters. The van der Waals surface area contributed by atoms with Crippen LogP contribution in [0.4, 0.5) is 5.69 Å². The van der Waals surface area contributed by atoms with E-state index in [1.54, 1.807) is 18.4 Å². The third-order valence-electron chi connectivity index (χ3n) is 5.21. The molecular formula is C22H33IN4O2S. The summed E-state index contributed by atoms with van der Waals surface area (Å²) in [4.78, 5) is 7.94. The molecule has 30 heavy (non-hydrogen) atoms. The van der Waals surface area contributed by atoms with Crippen molar-refractivity contribution in [1.29, 1.82) is 0 Å². The number of nitrogens with one attached hydrogen (secondary N) is 2. The predicted octanol–water partition coefficient (Wildman–Crippen LogP) is 3.66. The highest BCUT2D eigenvalue weighted by Crippen LogP contribution is 2.31. The largest absolute Gasteiger partial charge is 0.495 e. The molecule has 3 N–H and O–H groups in total. The Balaban J connectivity index is 0.00000320. The van der Waals surface area contributed by atoms with Gasteiger partial charge < -0.3 is 25.4 Å². The number of methoxy groups -OCH3 is 1. The lowest BCUT2D eigenvalue weighted by atomic mass is 10.1. The molecule has 0 spiro atoms. The Morgan fingerprint density at radius 3 is 2.80 bits per heavy atom. The average molecular weight is 545 g/mol. The van der Waals surface area contributed by atoms with Crippen LogP contribution in [-0.4, -0.2) is 50.9 Å². The summed E-state index contributed by atoms with van der Waals surface area (Å²) in [7, 11) is 1.72. The van der Waals surface area contributed by atoms with E-state index in [2.05, 4.69) is 32.7 Å². The molecule has 1 saturated heterocycles. The van der Waals surface area contributed by atoms with Gasteiger partial charge in [0.05, 0.1) is 19.3 Å². The van der Waals surface area contributed by atoms with Crippen LogP contribution in [0.3, 0.4) is 0 Å². The van der Waals surface area contributed by atoms with Crippen molar-refractivity contribution in [2.45, 2.75) is 25.9 Å². The zero-order chi connectivity index (χ0) is 20.7. The molecule has 2 unspecified atom stereocenters. The number of hydrogen-bond donors (Lipinski definition) is 3. The van der Waals surface area contributed by atoms with E-state index in [1.807, 2.05) is 43.5 Å². The molecule has 0 saturated carbocycles. The predicted molar refractivity (Wildman–Crippen MR) is 137 cm³/mol. The van der Waals surface area contributed by atoms with E-state index in [4.69, 9.17) is 4.74 Å². The molecule has 0 aliphatic carbocycles. The standard InChI is InChI=1S/C22H32N4O2S.HI/c1-4-23-21(25-16-22(2,27)20-10-7-13-29-20)24-14-17-11-12-26(15-17)18-8-5-6-9-19(18)28-3;/h5-10,13,17,27H,4,11-12,14-16H2,1-3H3,(H2,23,24,25);1H. The van der Waals surface area contributed by atoms with Crippen LogP contribution in [0.1, 0.15) is 25.1 Å². The van der Waals surface area contributed by atoms with Gasteiger partial charge >= 0.3 is 0 Å².